The molecule has 0 unspecified atom stereocenters. The van der Waals surface area contributed by atoms with Crippen molar-refractivity contribution in [1.29, 1.82) is 0 Å². The molecule has 0 saturated heterocycles. The fraction of sp³-hybridized carbons (Fsp3) is 0.286. The summed E-state index contributed by atoms with van der Waals surface area (Å²) in [7, 11) is 0. The van der Waals surface area contributed by atoms with Gasteiger partial charge in [-0.3, -0.25) is 4.79 Å². The lowest BCUT2D eigenvalue weighted by molar-refractivity contribution is -0.137. The van der Waals surface area contributed by atoms with Crippen molar-refractivity contribution in [1.82, 2.24) is 15.0 Å². The van der Waals surface area contributed by atoms with E-state index in [1.54, 1.807) is 24.3 Å². The van der Waals surface area contributed by atoms with Crippen molar-refractivity contribution in [2.75, 3.05) is 6.61 Å². The van der Waals surface area contributed by atoms with E-state index >= 15 is 0 Å². The maximum atomic E-state index is 10.5. The first-order valence-electron chi connectivity index (χ1n) is 6.82. The highest BCUT2D eigenvalue weighted by atomic mass is 35.6. The van der Waals surface area contributed by atoms with Gasteiger partial charge in [0.1, 0.15) is 5.75 Å². The van der Waals surface area contributed by atoms with Crippen molar-refractivity contribution >= 4 is 75.6 Å². The number of alkyl halides is 6. The number of nitrogens with zero attached hydrogens (tertiary/aromatic N) is 3. The number of aliphatic carboxylic acids is 1. The second-order valence-electron chi connectivity index (χ2n) is 4.82. The Kier molecular flexibility index (Phi) is 7.04. The summed E-state index contributed by atoms with van der Waals surface area (Å²) in [5.74, 6) is -0.761. The summed E-state index contributed by atoms with van der Waals surface area (Å²) < 4.78 is 1.42. The molecular weight excluding hydrogens is 471 g/mol. The zero-order valence-corrected chi connectivity index (χ0v) is 17.1. The molecule has 2 aromatic rings. The summed E-state index contributed by atoms with van der Waals surface area (Å²) in [6.07, 6.45) is -0.117. The summed E-state index contributed by atoms with van der Waals surface area (Å²) in [5.41, 5.74) is 0.518. The van der Waals surface area contributed by atoms with Crippen LogP contribution in [-0.4, -0.2) is 32.6 Å². The number of rotatable bonds is 5. The second-order valence-corrected chi connectivity index (χ2v) is 9.38. The van der Waals surface area contributed by atoms with E-state index in [0.717, 1.165) is 0 Å². The van der Waals surface area contributed by atoms with Crippen molar-refractivity contribution in [3.8, 4) is 17.1 Å². The van der Waals surface area contributed by atoms with Gasteiger partial charge < -0.3 is 9.84 Å². The lowest BCUT2D eigenvalue weighted by atomic mass is 10.2. The number of halogens is 6. The molecule has 140 valence electrons. The number of carboxylic acid groups (broad SMARTS) is 1. The summed E-state index contributed by atoms with van der Waals surface area (Å²) in [6, 6.07) is 6.45. The van der Waals surface area contributed by atoms with Crippen molar-refractivity contribution < 1.29 is 14.6 Å². The van der Waals surface area contributed by atoms with Gasteiger partial charge in [0.25, 0.3) is 0 Å². The fourth-order valence-corrected chi connectivity index (χ4v) is 2.22. The van der Waals surface area contributed by atoms with Crippen molar-refractivity contribution in [2.24, 2.45) is 0 Å². The Balaban J connectivity index is 2.33. The normalized spacial score (nSPS) is 12.1. The van der Waals surface area contributed by atoms with Crippen LogP contribution >= 0.6 is 69.6 Å². The number of hydrogen-bond donors (Lipinski definition) is 1. The molecule has 1 aromatic carbocycles. The van der Waals surface area contributed by atoms with Crippen LogP contribution in [0.1, 0.15) is 18.1 Å². The number of carbonyl (C=O) groups is 1. The number of ether oxygens (including phenoxy) is 1. The van der Waals surface area contributed by atoms with E-state index in [9.17, 15) is 4.79 Å². The molecule has 0 atom stereocenters. The van der Waals surface area contributed by atoms with Gasteiger partial charge in [-0.05, 0) is 24.3 Å². The maximum absolute atomic E-state index is 10.5. The summed E-state index contributed by atoms with van der Waals surface area (Å²) in [6.45, 7) is 0.0370. The van der Waals surface area contributed by atoms with Crippen LogP contribution in [0.3, 0.4) is 0 Å². The first-order chi connectivity index (χ1) is 12.0. The summed E-state index contributed by atoms with van der Waals surface area (Å²) in [4.78, 5) is 22.6. The molecule has 1 N–H and O–H groups in total. The van der Waals surface area contributed by atoms with Crippen LogP contribution in [0, 0.1) is 0 Å². The van der Waals surface area contributed by atoms with E-state index in [1.807, 2.05) is 0 Å². The Morgan fingerprint density at radius 1 is 0.923 bits per heavy atom. The van der Waals surface area contributed by atoms with Gasteiger partial charge >= 0.3 is 5.97 Å². The monoisotopic (exact) mass is 477 g/mol. The van der Waals surface area contributed by atoms with Gasteiger partial charge in [0.2, 0.25) is 7.59 Å². The average molecular weight is 480 g/mol. The minimum Gasteiger partial charge on any atom is -0.493 e. The van der Waals surface area contributed by atoms with E-state index in [-0.39, 0.29) is 30.5 Å². The third-order valence-electron chi connectivity index (χ3n) is 2.84. The molecule has 0 radical (unpaired) electrons. The molecule has 0 saturated carbocycles. The number of aromatic nitrogens is 3. The van der Waals surface area contributed by atoms with Gasteiger partial charge in [0, 0.05) is 5.56 Å². The van der Waals surface area contributed by atoms with E-state index in [4.69, 9.17) is 79.4 Å². The Bertz CT molecular complexity index is 758. The minimum atomic E-state index is -1.94. The first kappa shape index (κ1) is 21.5. The van der Waals surface area contributed by atoms with Crippen LogP contribution in [0.25, 0.3) is 11.4 Å². The molecule has 0 amide bonds. The van der Waals surface area contributed by atoms with Gasteiger partial charge in [0.15, 0.2) is 17.5 Å². The molecule has 0 fully saturated rings. The number of hydrogen-bond acceptors (Lipinski definition) is 5. The van der Waals surface area contributed by atoms with E-state index in [2.05, 4.69) is 15.0 Å². The van der Waals surface area contributed by atoms with E-state index < -0.39 is 13.6 Å². The molecule has 2 rings (SSSR count). The zero-order valence-electron chi connectivity index (χ0n) is 12.6. The Hall–Kier alpha value is -0.760. The van der Waals surface area contributed by atoms with Gasteiger partial charge in [0.05, 0.1) is 13.0 Å². The average Bonchev–Trinajstić information content (AvgIpc) is 2.53. The number of benzene rings is 1. The van der Waals surface area contributed by atoms with Crippen LogP contribution < -0.4 is 4.74 Å². The molecule has 0 aliphatic heterocycles. The summed E-state index contributed by atoms with van der Waals surface area (Å²) >= 11 is 35.0. The topological polar surface area (TPSA) is 85.2 Å². The molecule has 26 heavy (non-hydrogen) atoms. The van der Waals surface area contributed by atoms with Crippen LogP contribution in [0.5, 0.6) is 5.75 Å². The molecule has 1 aromatic heterocycles. The van der Waals surface area contributed by atoms with Crippen LogP contribution in [0.2, 0.25) is 0 Å². The Morgan fingerprint density at radius 2 is 1.42 bits per heavy atom. The predicted octanol–water partition coefficient (Wildman–Crippen LogP) is 5.05. The summed E-state index contributed by atoms with van der Waals surface area (Å²) in [5, 5.41) is 8.60. The third-order valence-corrected chi connectivity index (χ3v) is 3.85. The van der Waals surface area contributed by atoms with Crippen LogP contribution in [0.15, 0.2) is 24.3 Å². The minimum absolute atomic E-state index is 0.0370. The van der Waals surface area contributed by atoms with Gasteiger partial charge in [-0.1, -0.05) is 69.6 Å². The molecule has 0 aliphatic carbocycles. The third kappa shape index (κ3) is 6.15. The van der Waals surface area contributed by atoms with Crippen LogP contribution in [-0.2, 0) is 12.4 Å². The molecule has 1 heterocycles. The fourth-order valence-electron chi connectivity index (χ4n) is 1.72. The molecule has 12 heteroatoms. The SMILES string of the molecule is O=C(O)CCOc1ccc(-c2nc(C(Cl)(Cl)Cl)nc(C(Cl)(Cl)Cl)n2)cc1. The van der Waals surface area contributed by atoms with Gasteiger partial charge in [-0.2, -0.15) is 0 Å². The van der Waals surface area contributed by atoms with Crippen molar-refractivity contribution in [3.05, 3.63) is 35.9 Å². The standard InChI is InChI=1S/C14H9Cl6N3O3/c15-13(16,17)11-21-10(22-12(23-11)14(18,19)20)7-1-3-8(4-2-7)26-6-5-9(24)25/h1-4H,5-6H2,(H,24,25). The number of carboxylic acids is 1. The highest BCUT2D eigenvalue weighted by Crippen LogP contribution is 2.40. The second kappa shape index (κ2) is 8.50. The molecule has 6 nitrogen and oxygen atoms in total. The quantitative estimate of drug-likeness (QED) is 0.604. The van der Waals surface area contributed by atoms with Gasteiger partial charge in [-0.15, -0.1) is 0 Å². The molecule has 0 spiro atoms. The highest BCUT2D eigenvalue weighted by molar-refractivity contribution is 6.67. The first-order valence-corrected chi connectivity index (χ1v) is 9.09. The largest absolute Gasteiger partial charge is 0.493 e. The van der Waals surface area contributed by atoms with E-state index in [0.29, 0.717) is 11.3 Å². The molecule has 0 aliphatic rings. The van der Waals surface area contributed by atoms with Gasteiger partial charge in [-0.25, -0.2) is 15.0 Å². The Labute approximate surface area is 178 Å². The smallest absolute Gasteiger partial charge is 0.306 e. The lowest BCUT2D eigenvalue weighted by Crippen LogP contribution is -2.16. The van der Waals surface area contributed by atoms with Crippen molar-refractivity contribution in [2.45, 2.75) is 14.0 Å². The van der Waals surface area contributed by atoms with E-state index in [1.165, 1.54) is 0 Å². The zero-order chi connectivity index (χ0) is 19.5. The highest BCUT2D eigenvalue weighted by Gasteiger charge is 2.34. The lowest BCUT2D eigenvalue weighted by Gasteiger charge is -2.15. The van der Waals surface area contributed by atoms with Crippen LogP contribution in [0.4, 0.5) is 0 Å². The molecular formula is C14H9Cl6N3O3. The van der Waals surface area contributed by atoms with Crippen molar-refractivity contribution in [3.63, 3.8) is 0 Å². The maximum Gasteiger partial charge on any atom is 0.306 e. The predicted molar refractivity (Wildman–Crippen MR) is 101 cm³/mol. The molecule has 0 bridgehead atoms. The Morgan fingerprint density at radius 3 is 1.85 bits per heavy atom.